The van der Waals surface area contributed by atoms with Crippen LogP contribution in [0.5, 0.6) is 0 Å². The second kappa shape index (κ2) is 8.19. The third-order valence-electron chi connectivity index (χ3n) is 3.68. The molecule has 0 aromatic heterocycles. The van der Waals surface area contributed by atoms with Crippen LogP contribution in [-0.2, 0) is 14.3 Å². The third-order valence-corrected chi connectivity index (χ3v) is 5.06. The van der Waals surface area contributed by atoms with E-state index >= 15 is 0 Å². The zero-order chi connectivity index (χ0) is 15.9. The Morgan fingerprint density at radius 1 is 1.41 bits per heavy atom. The fourth-order valence-corrected chi connectivity index (χ4v) is 3.41. The molecule has 2 N–H and O–H groups in total. The summed E-state index contributed by atoms with van der Waals surface area (Å²) in [5.41, 5.74) is 0. The molecule has 0 bridgehead atoms. The Hall–Kier alpha value is -1.53. The van der Waals surface area contributed by atoms with Gasteiger partial charge in [0.25, 0.3) is 0 Å². The molecule has 5 nitrogen and oxygen atoms in total. The van der Waals surface area contributed by atoms with Gasteiger partial charge in [0, 0.05) is 17.4 Å². The van der Waals surface area contributed by atoms with Crippen LogP contribution in [0.1, 0.15) is 19.8 Å². The number of carbonyl (C=O) groups excluding carboxylic acids is 1. The van der Waals surface area contributed by atoms with Crippen LogP contribution >= 0.6 is 11.8 Å². The number of amides is 1. The van der Waals surface area contributed by atoms with Crippen LogP contribution < -0.4 is 5.32 Å². The molecule has 0 radical (unpaired) electrons. The molecule has 1 amide bonds. The van der Waals surface area contributed by atoms with Gasteiger partial charge in [-0.3, -0.25) is 4.79 Å². The van der Waals surface area contributed by atoms with Gasteiger partial charge in [0.2, 0.25) is 5.91 Å². The van der Waals surface area contributed by atoms with Crippen LogP contribution in [0, 0.1) is 5.92 Å². The maximum absolute atomic E-state index is 12.4. The summed E-state index contributed by atoms with van der Waals surface area (Å²) in [4.78, 5) is 24.8. The largest absolute Gasteiger partial charge is 0.480 e. The molecule has 1 heterocycles. The molecule has 0 spiro atoms. The molecule has 1 saturated heterocycles. The van der Waals surface area contributed by atoms with Crippen molar-refractivity contribution in [3.05, 3.63) is 30.3 Å². The Morgan fingerprint density at radius 3 is 2.68 bits per heavy atom. The quantitative estimate of drug-likeness (QED) is 0.752. The van der Waals surface area contributed by atoms with Gasteiger partial charge < -0.3 is 15.2 Å². The van der Waals surface area contributed by atoms with Gasteiger partial charge in [-0.05, 0) is 25.0 Å². The number of thioether (sulfide) groups is 1. The highest BCUT2D eigenvalue weighted by molar-refractivity contribution is 8.00. The Morgan fingerprint density at radius 2 is 2.14 bits per heavy atom. The molecular formula is C16H21NO4S. The first-order valence-corrected chi connectivity index (χ1v) is 8.32. The summed E-state index contributed by atoms with van der Waals surface area (Å²) in [5, 5.41) is 11.7. The number of nitrogens with one attached hydrogen (secondary N) is 1. The lowest BCUT2D eigenvalue weighted by Crippen LogP contribution is -2.49. The minimum atomic E-state index is -0.997. The van der Waals surface area contributed by atoms with E-state index in [1.165, 1.54) is 11.8 Å². The van der Waals surface area contributed by atoms with E-state index in [4.69, 9.17) is 4.74 Å². The van der Waals surface area contributed by atoms with Crippen LogP contribution in [0.2, 0.25) is 0 Å². The molecule has 0 saturated carbocycles. The number of rotatable bonds is 7. The predicted molar refractivity (Wildman–Crippen MR) is 84.9 cm³/mol. The van der Waals surface area contributed by atoms with Gasteiger partial charge >= 0.3 is 5.97 Å². The summed E-state index contributed by atoms with van der Waals surface area (Å²) < 4.78 is 5.23. The fourth-order valence-electron chi connectivity index (χ4n) is 2.43. The molecule has 1 aliphatic rings. The van der Waals surface area contributed by atoms with Crippen molar-refractivity contribution >= 4 is 23.6 Å². The predicted octanol–water partition coefficient (Wildman–Crippen LogP) is 2.16. The summed E-state index contributed by atoms with van der Waals surface area (Å²) in [6, 6.07) is 8.78. The van der Waals surface area contributed by atoms with Gasteiger partial charge in [-0.2, -0.15) is 0 Å². The fraction of sp³-hybridized carbons (Fsp3) is 0.500. The van der Waals surface area contributed by atoms with Gasteiger partial charge in [0.05, 0.1) is 11.9 Å². The monoisotopic (exact) mass is 323 g/mol. The number of aliphatic carboxylic acids is 1. The number of carbonyl (C=O) groups is 2. The molecule has 120 valence electrons. The lowest BCUT2D eigenvalue weighted by Gasteiger charge is -2.22. The average Bonchev–Trinajstić information content (AvgIpc) is 3.04. The molecule has 0 aliphatic carbocycles. The minimum Gasteiger partial charge on any atom is -0.480 e. The van der Waals surface area contributed by atoms with Gasteiger partial charge in [-0.1, -0.05) is 25.1 Å². The number of carboxylic acids is 1. The van der Waals surface area contributed by atoms with Crippen molar-refractivity contribution in [1.29, 1.82) is 0 Å². The number of benzene rings is 1. The van der Waals surface area contributed by atoms with Crippen LogP contribution in [0.25, 0.3) is 0 Å². The number of ether oxygens (including phenoxy) is 1. The lowest BCUT2D eigenvalue weighted by molar-refractivity contribution is -0.143. The molecule has 22 heavy (non-hydrogen) atoms. The third kappa shape index (κ3) is 4.48. The lowest BCUT2D eigenvalue weighted by atomic mass is 9.99. The molecule has 1 fully saturated rings. The number of hydrogen-bond acceptors (Lipinski definition) is 4. The van der Waals surface area contributed by atoms with Gasteiger partial charge in [-0.15, -0.1) is 11.8 Å². The Bertz CT molecular complexity index is 502. The van der Waals surface area contributed by atoms with Crippen molar-refractivity contribution < 1.29 is 19.4 Å². The Balaban J connectivity index is 1.99. The standard InChI is InChI=1S/C16H21NO4S/c1-2-13(22-12-6-4-3-5-7-12)15(18)17-14(16(19)20)11-8-9-21-10-11/h3-7,11,13-14H,2,8-10H2,1H3,(H,17,18)(H,19,20). The van der Waals surface area contributed by atoms with Crippen LogP contribution in [-0.4, -0.2) is 41.5 Å². The van der Waals surface area contributed by atoms with Crippen molar-refractivity contribution in [2.45, 2.75) is 36.0 Å². The van der Waals surface area contributed by atoms with Crippen LogP contribution in [0.15, 0.2) is 35.2 Å². The maximum Gasteiger partial charge on any atom is 0.326 e. The molecular weight excluding hydrogens is 302 g/mol. The van der Waals surface area contributed by atoms with Crippen molar-refractivity contribution in [2.75, 3.05) is 13.2 Å². The van der Waals surface area contributed by atoms with E-state index < -0.39 is 12.0 Å². The summed E-state index contributed by atoms with van der Waals surface area (Å²) in [7, 11) is 0. The Kier molecular flexibility index (Phi) is 6.27. The molecule has 6 heteroatoms. The SMILES string of the molecule is CCC(Sc1ccccc1)C(=O)NC(C(=O)O)C1CCOC1. The maximum atomic E-state index is 12.4. The zero-order valence-corrected chi connectivity index (χ0v) is 13.3. The highest BCUT2D eigenvalue weighted by Crippen LogP contribution is 2.26. The van der Waals surface area contributed by atoms with Gasteiger partial charge in [-0.25, -0.2) is 4.79 Å². The van der Waals surface area contributed by atoms with Gasteiger partial charge in [0.15, 0.2) is 0 Å². The molecule has 1 aromatic carbocycles. The Labute approximate surface area is 134 Å². The van der Waals surface area contributed by atoms with E-state index in [1.54, 1.807) is 0 Å². The van der Waals surface area contributed by atoms with Gasteiger partial charge in [0.1, 0.15) is 6.04 Å². The van der Waals surface area contributed by atoms with E-state index in [0.717, 1.165) is 4.90 Å². The zero-order valence-electron chi connectivity index (χ0n) is 12.5. The van der Waals surface area contributed by atoms with E-state index in [0.29, 0.717) is 26.1 Å². The molecule has 3 unspecified atom stereocenters. The first kappa shape index (κ1) is 16.8. The highest BCUT2D eigenvalue weighted by Gasteiger charge is 2.34. The summed E-state index contributed by atoms with van der Waals surface area (Å²) in [6.07, 6.45) is 1.30. The van der Waals surface area contributed by atoms with Crippen molar-refractivity contribution in [3.8, 4) is 0 Å². The molecule has 1 aromatic rings. The van der Waals surface area contributed by atoms with E-state index in [9.17, 15) is 14.7 Å². The highest BCUT2D eigenvalue weighted by atomic mass is 32.2. The van der Waals surface area contributed by atoms with E-state index in [-0.39, 0.29) is 17.1 Å². The van der Waals surface area contributed by atoms with Crippen LogP contribution in [0.4, 0.5) is 0 Å². The number of hydrogen-bond donors (Lipinski definition) is 2. The first-order valence-electron chi connectivity index (χ1n) is 7.44. The molecule has 2 rings (SSSR count). The smallest absolute Gasteiger partial charge is 0.326 e. The minimum absolute atomic E-state index is 0.152. The molecule has 3 atom stereocenters. The average molecular weight is 323 g/mol. The first-order chi connectivity index (χ1) is 10.6. The van der Waals surface area contributed by atoms with E-state index in [2.05, 4.69) is 5.32 Å². The second-order valence-corrected chi connectivity index (χ2v) is 6.55. The van der Waals surface area contributed by atoms with Crippen molar-refractivity contribution in [1.82, 2.24) is 5.32 Å². The second-order valence-electron chi connectivity index (χ2n) is 5.28. The van der Waals surface area contributed by atoms with Crippen LogP contribution in [0.3, 0.4) is 0 Å². The summed E-state index contributed by atoms with van der Waals surface area (Å²) in [5.74, 6) is -1.38. The molecule has 1 aliphatic heterocycles. The normalized spacial score (nSPS) is 20.3. The summed E-state index contributed by atoms with van der Waals surface area (Å²) in [6.45, 7) is 2.87. The van der Waals surface area contributed by atoms with E-state index in [1.807, 2.05) is 37.3 Å². The van der Waals surface area contributed by atoms with Crippen molar-refractivity contribution in [2.24, 2.45) is 5.92 Å². The van der Waals surface area contributed by atoms with Crippen molar-refractivity contribution in [3.63, 3.8) is 0 Å². The number of carboxylic acid groups (broad SMARTS) is 1. The summed E-state index contributed by atoms with van der Waals surface area (Å²) >= 11 is 1.46. The topological polar surface area (TPSA) is 75.6 Å².